The number of rotatable bonds is 13. The van der Waals surface area contributed by atoms with Gasteiger partial charge >= 0.3 is 12.1 Å². The van der Waals surface area contributed by atoms with E-state index in [0.29, 0.717) is 37.5 Å². The van der Waals surface area contributed by atoms with Crippen LogP contribution in [0.3, 0.4) is 0 Å². The number of aliphatic carboxylic acids is 1. The lowest BCUT2D eigenvalue weighted by molar-refractivity contribution is -0.136. The van der Waals surface area contributed by atoms with Crippen molar-refractivity contribution in [3.8, 4) is 0 Å². The second-order valence-corrected chi connectivity index (χ2v) is 9.11. The van der Waals surface area contributed by atoms with Gasteiger partial charge in [-0.15, -0.1) is 0 Å². The average Bonchev–Trinajstić information content (AvgIpc) is 2.51. The summed E-state index contributed by atoms with van der Waals surface area (Å²) in [5.41, 5.74) is -0.637. The van der Waals surface area contributed by atoms with Gasteiger partial charge in [-0.1, -0.05) is 21.6 Å². The third-order valence-corrected chi connectivity index (χ3v) is 5.22. The number of carboxylic acids is 1. The second kappa shape index (κ2) is 14.0. The summed E-state index contributed by atoms with van der Waals surface area (Å²) in [5.74, 6) is 0.0720. The van der Waals surface area contributed by atoms with Crippen molar-refractivity contribution in [2.24, 2.45) is 0 Å². The Kier molecular flexibility index (Phi) is 13.4. The lowest BCUT2D eigenvalue weighted by Crippen LogP contribution is -2.48. The zero-order valence-electron chi connectivity index (χ0n) is 15.8. The first-order valence-electron chi connectivity index (χ1n) is 8.38. The van der Waals surface area contributed by atoms with E-state index in [0.717, 1.165) is 0 Å². The Morgan fingerprint density at radius 3 is 2.38 bits per heavy atom. The van der Waals surface area contributed by atoms with E-state index in [-0.39, 0.29) is 12.3 Å². The van der Waals surface area contributed by atoms with Crippen molar-refractivity contribution in [1.82, 2.24) is 10.6 Å². The molecule has 10 heteroatoms. The molecule has 152 valence electrons. The van der Waals surface area contributed by atoms with Crippen molar-refractivity contribution in [2.45, 2.75) is 51.7 Å². The SMILES string of the molecule is COCCCC(NC(=O)OC(C)(C)C)C(=O)NCCSSCCC(=O)O. The summed E-state index contributed by atoms with van der Waals surface area (Å²) < 4.78 is 10.2. The van der Waals surface area contributed by atoms with E-state index in [1.807, 2.05) is 0 Å². The van der Waals surface area contributed by atoms with E-state index >= 15 is 0 Å². The van der Waals surface area contributed by atoms with Crippen LogP contribution in [-0.4, -0.2) is 66.5 Å². The van der Waals surface area contributed by atoms with E-state index in [4.69, 9.17) is 14.6 Å². The Bertz CT molecular complexity index is 443. The number of amides is 2. The van der Waals surface area contributed by atoms with E-state index < -0.39 is 23.7 Å². The first-order valence-corrected chi connectivity index (χ1v) is 10.9. The van der Waals surface area contributed by atoms with Crippen LogP contribution in [0.25, 0.3) is 0 Å². The van der Waals surface area contributed by atoms with E-state index in [1.54, 1.807) is 27.9 Å². The van der Waals surface area contributed by atoms with Crippen LogP contribution in [0.5, 0.6) is 0 Å². The third kappa shape index (κ3) is 15.2. The number of ether oxygens (including phenoxy) is 2. The number of alkyl carbamates (subject to hydrolysis) is 1. The molecule has 1 atom stereocenters. The second-order valence-electron chi connectivity index (χ2n) is 6.41. The molecule has 0 aliphatic carbocycles. The van der Waals surface area contributed by atoms with E-state index in [1.165, 1.54) is 21.6 Å². The molecule has 0 aromatic carbocycles. The van der Waals surface area contributed by atoms with Gasteiger partial charge < -0.3 is 25.2 Å². The maximum absolute atomic E-state index is 12.3. The molecule has 0 saturated heterocycles. The van der Waals surface area contributed by atoms with Crippen LogP contribution in [-0.2, 0) is 19.1 Å². The first kappa shape index (κ1) is 24.9. The first-order chi connectivity index (χ1) is 12.2. The maximum atomic E-state index is 12.3. The fourth-order valence-corrected chi connectivity index (χ4v) is 3.62. The van der Waals surface area contributed by atoms with Gasteiger partial charge in [0, 0.05) is 31.8 Å². The predicted octanol–water partition coefficient (Wildman–Crippen LogP) is 2.28. The Morgan fingerprint density at radius 2 is 1.81 bits per heavy atom. The number of nitrogens with one attached hydrogen (secondary N) is 2. The lowest BCUT2D eigenvalue weighted by atomic mass is 10.1. The van der Waals surface area contributed by atoms with Crippen molar-refractivity contribution in [1.29, 1.82) is 0 Å². The summed E-state index contributed by atoms with van der Waals surface area (Å²) in [6, 6.07) is -0.690. The fraction of sp³-hybridized carbons (Fsp3) is 0.812. The lowest BCUT2D eigenvalue weighted by Gasteiger charge is -2.23. The highest BCUT2D eigenvalue weighted by atomic mass is 33.1. The minimum Gasteiger partial charge on any atom is -0.481 e. The largest absolute Gasteiger partial charge is 0.481 e. The van der Waals surface area contributed by atoms with Gasteiger partial charge in [0.2, 0.25) is 5.91 Å². The molecule has 0 aliphatic rings. The van der Waals surface area contributed by atoms with Gasteiger partial charge in [-0.2, -0.15) is 0 Å². The third-order valence-electron chi connectivity index (χ3n) is 2.82. The number of carbonyl (C=O) groups is 3. The van der Waals surface area contributed by atoms with Crippen molar-refractivity contribution >= 4 is 39.6 Å². The summed E-state index contributed by atoms with van der Waals surface area (Å²) in [6.07, 6.45) is 0.559. The van der Waals surface area contributed by atoms with Crippen LogP contribution in [0.1, 0.15) is 40.0 Å². The van der Waals surface area contributed by atoms with Gasteiger partial charge in [0.05, 0.1) is 6.42 Å². The maximum Gasteiger partial charge on any atom is 0.408 e. The Labute approximate surface area is 162 Å². The normalized spacial score (nSPS) is 12.3. The Morgan fingerprint density at radius 1 is 1.15 bits per heavy atom. The van der Waals surface area contributed by atoms with Crippen molar-refractivity contribution in [3.63, 3.8) is 0 Å². The molecule has 0 fully saturated rings. The van der Waals surface area contributed by atoms with Crippen LogP contribution in [0.4, 0.5) is 4.79 Å². The molecule has 0 aromatic rings. The topological polar surface area (TPSA) is 114 Å². The Balaban J connectivity index is 4.25. The number of carbonyl (C=O) groups excluding carboxylic acids is 2. The fourth-order valence-electron chi connectivity index (χ4n) is 1.74. The van der Waals surface area contributed by atoms with Crippen LogP contribution in [0, 0.1) is 0 Å². The monoisotopic (exact) mass is 410 g/mol. The van der Waals surface area contributed by atoms with Gasteiger partial charge in [0.25, 0.3) is 0 Å². The molecule has 8 nitrogen and oxygen atoms in total. The molecule has 0 aromatic heterocycles. The molecule has 0 spiro atoms. The molecule has 0 radical (unpaired) electrons. The van der Waals surface area contributed by atoms with Crippen molar-refractivity contribution in [2.75, 3.05) is 31.8 Å². The van der Waals surface area contributed by atoms with Crippen LogP contribution in [0.15, 0.2) is 0 Å². The highest BCUT2D eigenvalue weighted by Gasteiger charge is 2.23. The average molecular weight is 411 g/mol. The molecular formula is C16H30N2O6S2. The number of hydrogen-bond acceptors (Lipinski definition) is 7. The van der Waals surface area contributed by atoms with Crippen molar-refractivity contribution in [3.05, 3.63) is 0 Å². The number of carboxylic acid groups (broad SMARTS) is 1. The molecule has 3 N–H and O–H groups in total. The predicted molar refractivity (Wildman–Crippen MR) is 104 cm³/mol. The highest BCUT2D eigenvalue weighted by Crippen LogP contribution is 2.20. The molecule has 0 rings (SSSR count). The summed E-state index contributed by atoms with van der Waals surface area (Å²) in [5, 5.41) is 13.9. The zero-order chi connectivity index (χ0) is 20.0. The summed E-state index contributed by atoms with van der Waals surface area (Å²) in [4.78, 5) is 34.6. The number of methoxy groups -OCH3 is 1. The highest BCUT2D eigenvalue weighted by molar-refractivity contribution is 8.76. The summed E-state index contributed by atoms with van der Waals surface area (Å²) in [7, 11) is 4.53. The van der Waals surface area contributed by atoms with E-state index in [2.05, 4.69) is 10.6 Å². The molecular weight excluding hydrogens is 380 g/mol. The van der Waals surface area contributed by atoms with Gasteiger partial charge in [-0.25, -0.2) is 4.79 Å². The molecule has 0 saturated carbocycles. The quantitative estimate of drug-likeness (QED) is 0.313. The summed E-state index contributed by atoms with van der Waals surface area (Å²) >= 11 is 0. The Hall–Kier alpha value is -1.13. The molecule has 0 aliphatic heterocycles. The van der Waals surface area contributed by atoms with E-state index in [9.17, 15) is 14.4 Å². The van der Waals surface area contributed by atoms with Crippen LogP contribution in [0.2, 0.25) is 0 Å². The minimum absolute atomic E-state index is 0.116. The van der Waals surface area contributed by atoms with Gasteiger partial charge in [-0.05, 0) is 33.6 Å². The molecule has 26 heavy (non-hydrogen) atoms. The molecule has 0 bridgehead atoms. The standard InChI is InChI=1S/C16H30N2O6S2/c1-16(2,3)24-15(22)18-12(6-5-9-23-4)14(21)17-8-11-26-25-10-7-13(19)20/h12H,5-11H2,1-4H3,(H,17,21)(H,18,22)(H,19,20). The van der Waals surface area contributed by atoms with Crippen LogP contribution >= 0.6 is 21.6 Å². The van der Waals surface area contributed by atoms with Gasteiger partial charge in [-0.3, -0.25) is 9.59 Å². The zero-order valence-corrected chi connectivity index (χ0v) is 17.5. The van der Waals surface area contributed by atoms with Crippen molar-refractivity contribution < 1.29 is 29.0 Å². The minimum atomic E-state index is -0.821. The molecule has 0 heterocycles. The smallest absolute Gasteiger partial charge is 0.408 e. The molecule has 1 unspecified atom stereocenters. The summed E-state index contributed by atoms with van der Waals surface area (Å²) in [6.45, 7) is 6.19. The van der Waals surface area contributed by atoms with Gasteiger partial charge in [0.1, 0.15) is 11.6 Å². The van der Waals surface area contributed by atoms with Gasteiger partial charge in [0.15, 0.2) is 0 Å². The number of hydrogen-bond donors (Lipinski definition) is 3. The molecule has 2 amide bonds. The van der Waals surface area contributed by atoms with Crippen LogP contribution < -0.4 is 10.6 Å².